The van der Waals surface area contributed by atoms with Gasteiger partial charge in [-0.15, -0.1) is 0 Å². The van der Waals surface area contributed by atoms with Crippen LogP contribution < -0.4 is 0 Å². The van der Waals surface area contributed by atoms with Crippen LogP contribution in [0.4, 0.5) is 0 Å². The zero-order chi connectivity index (χ0) is 10.5. The summed E-state index contributed by atoms with van der Waals surface area (Å²) in [4.78, 5) is 4.71. The highest BCUT2D eigenvalue weighted by Gasteiger charge is 2.07. The maximum atomic E-state index is 4.71. The molecule has 0 saturated heterocycles. The summed E-state index contributed by atoms with van der Waals surface area (Å²) in [5, 5.41) is 0. The minimum atomic E-state index is 1.07. The van der Waals surface area contributed by atoms with Gasteiger partial charge >= 0.3 is 0 Å². The third-order valence-electron chi connectivity index (χ3n) is 3.32. The molecule has 15 heavy (non-hydrogen) atoms. The van der Waals surface area contributed by atoms with Gasteiger partial charge in [-0.25, -0.2) is 4.98 Å². The van der Waals surface area contributed by atoms with Crippen molar-refractivity contribution in [1.29, 1.82) is 0 Å². The van der Waals surface area contributed by atoms with Gasteiger partial charge < -0.3 is 4.57 Å². The normalized spacial score (nSPS) is 18.5. The van der Waals surface area contributed by atoms with E-state index in [0.29, 0.717) is 0 Å². The fourth-order valence-corrected chi connectivity index (χ4v) is 2.35. The van der Waals surface area contributed by atoms with Crippen molar-refractivity contribution in [2.24, 2.45) is 0 Å². The average molecular weight is 206 g/mol. The van der Waals surface area contributed by atoms with Crippen LogP contribution in [0, 0.1) is 0 Å². The molecule has 0 aromatic carbocycles. The number of hydrogen-bond donors (Lipinski definition) is 0. The molecule has 0 unspecified atom stereocenters. The fraction of sp³-hybridized carbons (Fsp3) is 0.769. The molecular weight excluding hydrogens is 184 g/mol. The van der Waals surface area contributed by atoms with E-state index < -0.39 is 0 Å². The van der Waals surface area contributed by atoms with E-state index >= 15 is 0 Å². The van der Waals surface area contributed by atoms with E-state index in [-0.39, 0.29) is 0 Å². The van der Waals surface area contributed by atoms with Crippen molar-refractivity contribution >= 4 is 0 Å². The summed E-state index contributed by atoms with van der Waals surface area (Å²) in [6.07, 6.45) is 12.8. The summed E-state index contributed by atoms with van der Waals surface area (Å²) >= 11 is 0. The van der Waals surface area contributed by atoms with Crippen molar-refractivity contribution in [3.8, 4) is 0 Å². The summed E-state index contributed by atoms with van der Waals surface area (Å²) in [5.74, 6) is 1.33. The van der Waals surface area contributed by atoms with Crippen LogP contribution in [-0.4, -0.2) is 9.55 Å². The van der Waals surface area contributed by atoms with Gasteiger partial charge in [0, 0.05) is 19.2 Å². The van der Waals surface area contributed by atoms with Crippen molar-refractivity contribution in [2.75, 3.05) is 0 Å². The number of nitrogens with zero attached hydrogens (tertiary/aromatic N) is 2. The molecule has 2 heteroatoms. The van der Waals surface area contributed by atoms with Gasteiger partial charge in [0.15, 0.2) is 0 Å². The fourth-order valence-electron chi connectivity index (χ4n) is 2.35. The topological polar surface area (TPSA) is 17.8 Å². The lowest BCUT2D eigenvalue weighted by Gasteiger charge is -2.10. The number of hydrogen-bond acceptors (Lipinski definition) is 1. The van der Waals surface area contributed by atoms with Crippen LogP contribution in [0.15, 0.2) is 6.20 Å². The van der Waals surface area contributed by atoms with Crippen LogP contribution in [0.5, 0.6) is 0 Å². The minimum Gasteiger partial charge on any atom is -0.335 e. The predicted octanol–water partition coefficient (Wildman–Crippen LogP) is 3.34. The number of imidazole rings is 1. The van der Waals surface area contributed by atoms with Crippen LogP contribution in [0.25, 0.3) is 0 Å². The van der Waals surface area contributed by atoms with E-state index in [1.807, 2.05) is 0 Å². The maximum Gasteiger partial charge on any atom is 0.108 e. The minimum absolute atomic E-state index is 1.07. The second-order valence-corrected chi connectivity index (χ2v) is 4.57. The molecule has 0 amide bonds. The molecule has 0 N–H and O–H groups in total. The highest BCUT2D eigenvalue weighted by molar-refractivity contribution is 5.04. The lowest BCUT2D eigenvalue weighted by Crippen LogP contribution is -2.04. The monoisotopic (exact) mass is 206 g/mol. The smallest absolute Gasteiger partial charge is 0.108 e. The number of aromatic nitrogens is 2. The predicted molar refractivity (Wildman–Crippen MR) is 63.0 cm³/mol. The van der Waals surface area contributed by atoms with Crippen molar-refractivity contribution in [3.05, 3.63) is 17.7 Å². The molecule has 84 valence electrons. The first kappa shape index (κ1) is 10.7. The molecule has 1 aliphatic rings. The molecule has 1 aromatic heterocycles. The zero-order valence-electron chi connectivity index (χ0n) is 9.84. The Morgan fingerprint density at radius 2 is 1.87 bits per heavy atom. The Morgan fingerprint density at radius 1 is 1.13 bits per heavy atom. The Labute approximate surface area is 92.7 Å². The molecule has 0 saturated carbocycles. The van der Waals surface area contributed by atoms with E-state index in [9.17, 15) is 0 Å². The van der Waals surface area contributed by atoms with Crippen molar-refractivity contribution in [3.63, 3.8) is 0 Å². The van der Waals surface area contributed by atoms with Gasteiger partial charge in [-0.2, -0.15) is 0 Å². The molecule has 2 nitrogen and oxygen atoms in total. The SMILES string of the molecule is CCc1cn2c(n1)CCCCCCCC2. The van der Waals surface area contributed by atoms with Crippen LogP contribution in [0.1, 0.15) is 57.0 Å². The first-order valence-electron chi connectivity index (χ1n) is 6.45. The first-order valence-corrected chi connectivity index (χ1v) is 6.45. The Morgan fingerprint density at radius 3 is 2.67 bits per heavy atom. The molecule has 0 bridgehead atoms. The molecule has 1 aromatic rings. The van der Waals surface area contributed by atoms with Crippen molar-refractivity contribution < 1.29 is 0 Å². The Bertz CT molecular complexity index is 274. The highest BCUT2D eigenvalue weighted by atomic mass is 15.1. The first-order chi connectivity index (χ1) is 7.40. The van der Waals surface area contributed by atoms with Crippen molar-refractivity contribution in [1.82, 2.24) is 9.55 Å². The van der Waals surface area contributed by atoms with Gasteiger partial charge in [-0.3, -0.25) is 0 Å². The highest BCUT2D eigenvalue weighted by Crippen LogP contribution is 2.15. The molecule has 2 heterocycles. The van der Waals surface area contributed by atoms with E-state index in [1.54, 1.807) is 0 Å². The van der Waals surface area contributed by atoms with E-state index in [1.165, 1.54) is 63.0 Å². The lowest BCUT2D eigenvalue weighted by atomic mass is 10.1. The number of fused-ring (bicyclic) bond motifs is 1. The number of aryl methyl sites for hydroxylation is 3. The van der Waals surface area contributed by atoms with Crippen LogP contribution in [-0.2, 0) is 19.4 Å². The van der Waals surface area contributed by atoms with Gasteiger partial charge in [0.25, 0.3) is 0 Å². The third kappa shape index (κ3) is 2.83. The van der Waals surface area contributed by atoms with Crippen LogP contribution in [0.2, 0.25) is 0 Å². The summed E-state index contributed by atoms with van der Waals surface area (Å²) in [5.41, 5.74) is 1.27. The summed E-state index contributed by atoms with van der Waals surface area (Å²) in [6.45, 7) is 3.37. The van der Waals surface area contributed by atoms with Gasteiger partial charge in [-0.05, 0) is 19.3 Å². The standard InChI is InChI=1S/C13H22N2/c1-2-12-11-15-10-8-6-4-3-5-7-9-13(15)14-12/h11H,2-10H2,1H3. The summed E-state index contributed by atoms with van der Waals surface area (Å²) in [7, 11) is 0. The van der Waals surface area contributed by atoms with Crippen LogP contribution in [0.3, 0.4) is 0 Å². The molecule has 2 rings (SSSR count). The second-order valence-electron chi connectivity index (χ2n) is 4.57. The number of rotatable bonds is 1. The quantitative estimate of drug-likeness (QED) is 0.689. The van der Waals surface area contributed by atoms with Gasteiger partial charge in [-0.1, -0.05) is 32.6 Å². The molecule has 0 fully saturated rings. The summed E-state index contributed by atoms with van der Waals surface area (Å²) in [6, 6.07) is 0. The lowest BCUT2D eigenvalue weighted by molar-refractivity contribution is 0.512. The van der Waals surface area contributed by atoms with E-state index in [4.69, 9.17) is 4.98 Å². The maximum absolute atomic E-state index is 4.71. The largest absolute Gasteiger partial charge is 0.335 e. The molecule has 0 spiro atoms. The second kappa shape index (κ2) is 5.34. The van der Waals surface area contributed by atoms with Gasteiger partial charge in [0.05, 0.1) is 5.69 Å². The Balaban J connectivity index is 2.10. The Kier molecular flexibility index (Phi) is 3.81. The van der Waals surface area contributed by atoms with Crippen LogP contribution >= 0.6 is 0 Å². The molecule has 0 radical (unpaired) electrons. The zero-order valence-corrected chi connectivity index (χ0v) is 9.84. The van der Waals surface area contributed by atoms with Crippen molar-refractivity contribution in [2.45, 2.75) is 64.8 Å². The summed E-state index contributed by atoms with van der Waals surface area (Å²) < 4.78 is 2.39. The third-order valence-corrected chi connectivity index (χ3v) is 3.32. The van der Waals surface area contributed by atoms with E-state index in [2.05, 4.69) is 17.7 Å². The average Bonchev–Trinajstić information content (AvgIpc) is 2.66. The molecule has 0 aliphatic carbocycles. The molecular formula is C13H22N2. The Hall–Kier alpha value is -0.790. The molecule has 0 atom stereocenters. The van der Waals surface area contributed by atoms with Gasteiger partial charge in [0.2, 0.25) is 0 Å². The van der Waals surface area contributed by atoms with Gasteiger partial charge in [0.1, 0.15) is 5.82 Å². The van der Waals surface area contributed by atoms with E-state index in [0.717, 1.165) is 6.42 Å². The molecule has 1 aliphatic heterocycles.